The van der Waals surface area contributed by atoms with Crippen LogP contribution in [0.15, 0.2) is 0 Å². The van der Waals surface area contributed by atoms with Crippen LogP contribution in [0, 0.1) is 23.7 Å². The van der Waals surface area contributed by atoms with Crippen molar-refractivity contribution in [2.45, 2.75) is 47.1 Å². The topological polar surface area (TPSA) is 24.7 Å². The molecule has 0 saturated heterocycles. The van der Waals surface area contributed by atoms with E-state index in [0.717, 1.165) is 19.6 Å². The minimum Gasteiger partial charge on any atom is -0.377 e. The number of hydrogen-bond donors (Lipinski definition) is 2. The Morgan fingerprint density at radius 1 is 1.06 bits per heavy atom. The fraction of sp³-hybridized carbons (Fsp3) is 0.857. The molecule has 0 rings (SSSR count). The van der Waals surface area contributed by atoms with Gasteiger partial charge in [-0.1, -0.05) is 33.6 Å². The van der Waals surface area contributed by atoms with Gasteiger partial charge < -0.3 is 10.0 Å². The lowest BCUT2D eigenvalue weighted by Gasteiger charge is -2.30. The molecule has 0 fully saturated rings. The fourth-order valence-electron chi connectivity index (χ4n) is 1.77. The maximum Gasteiger partial charge on any atom is 0.139 e. The molecule has 94 valence electrons. The molecule has 0 atom stereocenters. The van der Waals surface area contributed by atoms with Crippen LogP contribution < -0.4 is 4.90 Å². The van der Waals surface area contributed by atoms with Gasteiger partial charge in [0.2, 0.25) is 0 Å². The van der Waals surface area contributed by atoms with E-state index in [1.165, 1.54) is 4.90 Å². The third-order valence-electron chi connectivity index (χ3n) is 3.39. The Morgan fingerprint density at radius 3 is 1.81 bits per heavy atom. The maximum absolute atomic E-state index is 10.4. The Bertz CT molecular complexity index is 235. The predicted octanol–water partition coefficient (Wildman–Crippen LogP) is 0.958. The summed E-state index contributed by atoms with van der Waals surface area (Å²) in [5, 5.41) is 10.4. The minimum atomic E-state index is -0.841. The lowest BCUT2D eigenvalue weighted by molar-refractivity contribution is -0.889. The van der Waals surface area contributed by atoms with Crippen LogP contribution in [0.5, 0.6) is 0 Å². The van der Waals surface area contributed by atoms with Crippen molar-refractivity contribution in [2.24, 2.45) is 11.8 Å². The maximum atomic E-state index is 10.4. The van der Waals surface area contributed by atoms with Crippen LogP contribution in [-0.2, 0) is 0 Å². The van der Waals surface area contributed by atoms with Gasteiger partial charge in [0.15, 0.2) is 0 Å². The van der Waals surface area contributed by atoms with Gasteiger partial charge in [0, 0.05) is 0 Å². The van der Waals surface area contributed by atoms with Crippen LogP contribution in [0.2, 0.25) is 0 Å². The average molecular weight is 226 g/mol. The Kier molecular flexibility index (Phi) is 6.71. The summed E-state index contributed by atoms with van der Waals surface area (Å²) in [5.41, 5.74) is -0.841. The summed E-state index contributed by atoms with van der Waals surface area (Å²) in [6.45, 7) is 15.4. The largest absolute Gasteiger partial charge is 0.377 e. The van der Waals surface area contributed by atoms with Crippen molar-refractivity contribution >= 4 is 0 Å². The molecular formula is C14H28NO+. The number of nitrogens with one attached hydrogen (secondary N) is 1. The van der Waals surface area contributed by atoms with E-state index in [1.54, 1.807) is 0 Å². The van der Waals surface area contributed by atoms with Crippen molar-refractivity contribution in [1.82, 2.24) is 0 Å². The predicted molar refractivity (Wildman–Crippen MR) is 69.3 cm³/mol. The monoisotopic (exact) mass is 226 g/mol. The van der Waals surface area contributed by atoms with Gasteiger partial charge in [-0.2, -0.15) is 0 Å². The van der Waals surface area contributed by atoms with Crippen molar-refractivity contribution in [3.63, 3.8) is 0 Å². The second-order valence-electron chi connectivity index (χ2n) is 5.07. The zero-order valence-electron chi connectivity index (χ0n) is 11.7. The van der Waals surface area contributed by atoms with Crippen LogP contribution in [0.3, 0.4) is 0 Å². The average Bonchev–Trinajstić information content (AvgIpc) is 2.23. The zero-order valence-corrected chi connectivity index (χ0v) is 11.7. The van der Waals surface area contributed by atoms with Crippen LogP contribution in [0.1, 0.15) is 41.5 Å². The van der Waals surface area contributed by atoms with Crippen molar-refractivity contribution in [3.05, 3.63) is 0 Å². The summed E-state index contributed by atoms with van der Waals surface area (Å²) < 4.78 is 0. The summed E-state index contributed by atoms with van der Waals surface area (Å²) >= 11 is 0. The van der Waals surface area contributed by atoms with Gasteiger partial charge in [0.25, 0.3) is 0 Å². The first-order chi connectivity index (χ1) is 7.38. The molecule has 0 heterocycles. The van der Waals surface area contributed by atoms with Gasteiger partial charge in [-0.05, 0) is 31.6 Å². The summed E-state index contributed by atoms with van der Waals surface area (Å²) in [4.78, 5) is 1.46. The van der Waals surface area contributed by atoms with E-state index in [-0.39, 0.29) is 11.8 Å². The summed E-state index contributed by atoms with van der Waals surface area (Å²) in [6, 6.07) is 0. The minimum absolute atomic E-state index is 0.173. The van der Waals surface area contributed by atoms with Gasteiger partial charge in [-0.3, -0.25) is 0 Å². The number of rotatable bonds is 5. The second kappa shape index (κ2) is 6.93. The van der Waals surface area contributed by atoms with Gasteiger partial charge in [0.05, 0.1) is 13.1 Å². The fourth-order valence-corrected chi connectivity index (χ4v) is 1.77. The first-order valence-corrected chi connectivity index (χ1v) is 6.44. The zero-order chi connectivity index (χ0) is 12.8. The third-order valence-corrected chi connectivity index (χ3v) is 3.39. The molecular weight excluding hydrogens is 198 g/mol. The van der Waals surface area contributed by atoms with Crippen molar-refractivity contribution in [1.29, 1.82) is 0 Å². The molecule has 0 aliphatic carbocycles. The Hall–Kier alpha value is -0.520. The Balaban J connectivity index is 4.59. The number of hydrogen-bond acceptors (Lipinski definition) is 1. The van der Waals surface area contributed by atoms with Crippen LogP contribution in [-0.4, -0.2) is 30.3 Å². The first kappa shape index (κ1) is 15.5. The number of aliphatic hydroxyl groups is 1. The highest BCUT2D eigenvalue weighted by Gasteiger charge is 2.32. The first-order valence-electron chi connectivity index (χ1n) is 6.44. The number of quaternary nitrogens is 1. The lowest BCUT2D eigenvalue weighted by Crippen LogP contribution is -3.11. The van der Waals surface area contributed by atoms with E-state index in [4.69, 9.17) is 0 Å². The van der Waals surface area contributed by atoms with Gasteiger partial charge in [-0.25, -0.2) is 0 Å². The molecule has 0 saturated carbocycles. The van der Waals surface area contributed by atoms with Gasteiger partial charge in [-0.15, -0.1) is 0 Å². The second-order valence-corrected chi connectivity index (χ2v) is 5.07. The molecule has 0 aromatic heterocycles. The molecule has 0 aliphatic heterocycles. The van der Waals surface area contributed by atoms with E-state index < -0.39 is 5.60 Å². The molecule has 2 nitrogen and oxygen atoms in total. The quantitative estimate of drug-likeness (QED) is 0.671. The standard InChI is InChI=1S/C14H27NO/c1-7-15(8-2)11-9-10-14(16,12(3)4)13(5)6/h12-13,16H,7-8,11H2,1-6H3/p+1. The van der Waals surface area contributed by atoms with Gasteiger partial charge >= 0.3 is 0 Å². The van der Waals surface area contributed by atoms with Crippen molar-refractivity contribution in [3.8, 4) is 11.8 Å². The van der Waals surface area contributed by atoms with E-state index in [0.29, 0.717) is 0 Å². The molecule has 0 spiro atoms. The van der Waals surface area contributed by atoms with E-state index in [2.05, 4.69) is 25.7 Å². The normalized spacial score (nSPS) is 12.1. The SMILES string of the molecule is CC[NH+](CC)CC#CC(O)(C(C)C)C(C)C. The molecule has 2 heteroatoms. The summed E-state index contributed by atoms with van der Waals surface area (Å²) in [5.74, 6) is 6.58. The molecule has 0 radical (unpaired) electrons. The lowest BCUT2D eigenvalue weighted by atomic mass is 9.81. The van der Waals surface area contributed by atoms with Crippen LogP contribution >= 0.6 is 0 Å². The molecule has 16 heavy (non-hydrogen) atoms. The molecule has 0 aliphatic rings. The summed E-state index contributed by atoms with van der Waals surface area (Å²) in [7, 11) is 0. The molecule has 2 N–H and O–H groups in total. The molecule has 0 aromatic carbocycles. The highest BCUT2D eigenvalue weighted by atomic mass is 16.3. The molecule has 0 amide bonds. The van der Waals surface area contributed by atoms with E-state index >= 15 is 0 Å². The molecule has 0 bridgehead atoms. The van der Waals surface area contributed by atoms with Crippen LogP contribution in [0.25, 0.3) is 0 Å². The smallest absolute Gasteiger partial charge is 0.139 e. The molecule has 0 unspecified atom stereocenters. The van der Waals surface area contributed by atoms with Crippen molar-refractivity contribution in [2.75, 3.05) is 19.6 Å². The Morgan fingerprint density at radius 2 is 1.50 bits per heavy atom. The van der Waals surface area contributed by atoms with Gasteiger partial charge in [0.1, 0.15) is 12.1 Å². The Labute approximate surface area is 101 Å². The highest BCUT2D eigenvalue weighted by molar-refractivity contribution is 5.16. The van der Waals surface area contributed by atoms with Crippen molar-refractivity contribution < 1.29 is 10.0 Å². The van der Waals surface area contributed by atoms with E-state index in [1.807, 2.05) is 27.7 Å². The third kappa shape index (κ3) is 4.15. The van der Waals surface area contributed by atoms with Crippen LogP contribution in [0.4, 0.5) is 0 Å². The van der Waals surface area contributed by atoms with E-state index in [9.17, 15) is 5.11 Å². The molecule has 0 aromatic rings. The summed E-state index contributed by atoms with van der Waals surface area (Å²) in [6.07, 6.45) is 0. The highest BCUT2D eigenvalue weighted by Crippen LogP contribution is 2.24.